The van der Waals surface area contributed by atoms with Gasteiger partial charge in [0.25, 0.3) is 0 Å². The maximum Gasteiger partial charge on any atom is 0.409 e. The van der Waals surface area contributed by atoms with Gasteiger partial charge in [0.1, 0.15) is 6.61 Å². The normalized spacial score (nSPS) is 17.2. The first-order valence-electron chi connectivity index (χ1n) is 9.78. The van der Waals surface area contributed by atoms with Crippen molar-refractivity contribution < 1.29 is 9.53 Å². The Morgan fingerprint density at radius 2 is 1.65 bits per heavy atom. The van der Waals surface area contributed by atoms with Gasteiger partial charge in [0.2, 0.25) is 0 Å². The monoisotopic (exact) mass is 349 g/mol. The number of benzene rings is 2. The minimum absolute atomic E-state index is 0.128. The Bertz CT molecular complexity index is 751. The van der Waals surface area contributed by atoms with Crippen molar-refractivity contribution in [1.82, 2.24) is 4.90 Å². The molecule has 0 aromatic heterocycles. The van der Waals surface area contributed by atoms with Gasteiger partial charge in [-0.1, -0.05) is 61.9 Å². The number of carbonyl (C=O) groups excluding carboxylic acids is 1. The quantitative estimate of drug-likeness (QED) is 0.719. The van der Waals surface area contributed by atoms with Crippen LogP contribution >= 0.6 is 0 Å². The fourth-order valence-corrected chi connectivity index (χ4v) is 4.58. The van der Waals surface area contributed by atoms with E-state index in [1.54, 1.807) is 0 Å². The Balaban J connectivity index is 1.48. The van der Waals surface area contributed by atoms with Gasteiger partial charge >= 0.3 is 6.09 Å². The third-order valence-corrected chi connectivity index (χ3v) is 6.23. The second-order valence-electron chi connectivity index (χ2n) is 7.58. The van der Waals surface area contributed by atoms with Crippen molar-refractivity contribution in [1.29, 1.82) is 0 Å². The van der Waals surface area contributed by atoms with Crippen LogP contribution in [0, 0.1) is 5.92 Å². The molecule has 0 aliphatic heterocycles. The zero-order valence-corrected chi connectivity index (χ0v) is 15.7. The van der Waals surface area contributed by atoms with Crippen molar-refractivity contribution >= 4 is 6.09 Å². The Kier molecular flexibility index (Phi) is 4.71. The molecule has 3 nitrogen and oxygen atoms in total. The highest BCUT2D eigenvalue weighted by molar-refractivity contribution is 5.79. The lowest BCUT2D eigenvalue weighted by atomic mass is 9.78. The van der Waals surface area contributed by atoms with Crippen LogP contribution in [0.3, 0.4) is 0 Å². The summed E-state index contributed by atoms with van der Waals surface area (Å²) in [4.78, 5) is 14.5. The molecule has 2 aromatic rings. The summed E-state index contributed by atoms with van der Waals surface area (Å²) in [7, 11) is 1.89. The smallest absolute Gasteiger partial charge is 0.409 e. The molecule has 1 fully saturated rings. The number of ether oxygens (including phenoxy) is 1. The summed E-state index contributed by atoms with van der Waals surface area (Å²) in [6.07, 6.45) is 4.56. The van der Waals surface area contributed by atoms with Gasteiger partial charge in [-0.05, 0) is 47.4 Å². The van der Waals surface area contributed by atoms with Crippen molar-refractivity contribution in [2.24, 2.45) is 5.92 Å². The van der Waals surface area contributed by atoms with E-state index in [0.29, 0.717) is 18.6 Å². The fraction of sp³-hybridized carbons (Fsp3) is 0.435. The summed E-state index contributed by atoms with van der Waals surface area (Å²) in [5.74, 6) is 0.772. The van der Waals surface area contributed by atoms with Crippen LogP contribution < -0.4 is 0 Å². The molecule has 1 amide bonds. The predicted molar refractivity (Wildman–Crippen MR) is 104 cm³/mol. The van der Waals surface area contributed by atoms with Crippen LogP contribution in [-0.4, -0.2) is 30.7 Å². The molecule has 0 heterocycles. The van der Waals surface area contributed by atoms with Gasteiger partial charge in [0.05, 0.1) is 0 Å². The number of nitrogens with zero attached hydrogens (tertiary/aromatic N) is 1. The van der Waals surface area contributed by atoms with Gasteiger partial charge in [-0.3, -0.25) is 0 Å². The van der Waals surface area contributed by atoms with E-state index in [9.17, 15) is 4.79 Å². The van der Waals surface area contributed by atoms with Gasteiger partial charge in [-0.25, -0.2) is 4.79 Å². The zero-order chi connectivity index (χ0) is 18.1. The summed E-state index contributed by atoms with van der Waals surface area (Å²) in [6.45, 7) is 2.56. The summed E-state index contributed by atoms with van der Waals surface area (Å²) in [6, 6.07) is 17.2. The Morgan fingerprint density at radius 1 is 1.08 bits per heavy atom. The Hall–Kier alpha value is -2.29. The first-order valence-corrected chi connectivity index (χ1v) is 9.78. The summed E-state index contributed by atoms with van der Waals surface area (Å²) >= 11 is 0. The number of amides is 1. The third-order valence-electron chi connectivity index (χ3n) is 6.23. The van der Waals surface area contributed by atoms with Gasteiger partial charge < -0.3 is 9.64 Å². The van der Waals surface area contributed by atoms with Crippen LogP contribution in [0.15, 0.2) is 48.5 Å². The van der Waals surface area contributed by atoms with Gasteiger partial charge in [0.15, 0.2) is 0 Å². The van der Waals surface area contributed by atoms with Crippen LogP contribution in [0.2, 0.25) is 0 Å². The van der Waals surface area contributed by atoms with Crippen molar-refractivity contribution in [3.8, 4) is 11.1 Å². The second-order valence-corrected chi connectivity index (χ2v) is 7.58. The SMILES string of the molecule is CC[C@@H](C1CCC1)N(C)C(=O)OCC1c2ccccc2-c2ccccc21. The Labute approximate surface area is 156 Å². The Morgan fingerprint density at radius 3 is 2.15 bits per heavy atom. The minimum atomic E-state index is -0.189. The van der Waals surface area contributed by atoms with Gasteiger partial charge in [0, 0.05) is 19.0 Å². The summed E-state index contributed by atoms with van der Waals surface area (Å²) < 4.78 is 5.79. The lowest BCUT2D eigenvalue weighted by Gasteiger charge is -2.38. The topological polar surface area (TPSA) is 29.5 Å². The number of hydrogen-bond acceptors (Lipinski definition) is 2. The molecule has 0 spiro atoms. The first-order chi connectivity index (χ1) is 12.7. The lowest BCUT2D eigenvalue weighted by Crippen LogP contribution is -2.44. The van der Waals surface area contributed by atoms with Crippen LogP contribution in [0.4, 0.5) is 4.79 Å². The molecule has 2 aliphatic rings. The standard InChI is InChI=1S/C23H27NO2/c1-3-22(16-9-8-10-16)24(2)23(25)26-15-21-19-13-6-4-11-17(19)18-12-5-7-14-20(18)21/h4-7,11-14,16,21-22H,3,8-10,15H2,1-2H3/t22-/m0/s1. The van der Waals surface area contributed by atoms with E-state index in [4.69, 9.17) is 4.74 Å². The molecule has 0 bridgehead atoms. The van der Waals surface area contributed by atoms with E-state index >= 15 is 0 Å². The van der Waals surface area contributed by atoms with Gasteiger partial charge in [-0.15, -0.1) is 0 Å². The molecule has 2 aliphatic carbocycles. The van der Waals surface area contributed by atoms with Crippen LogP contribution in [0.1, 0.15) is 49.7 Å². The van der Waals surface area contributed by atoms with E-state index in [2.05, 4.69) is 55.5 Å². The number of rotatable bonds is 5. The minimum Gasteiger partial charge on any atom is -0.448 e. The molecule has 1 atom stereocenters. The second kappa shape index (κ2) is 7.14. The lowest BCUT2D eigenvalue weighted by molar-refractivity contribution is 0.0663. The molecule has 136 valence electrons. The summed E-state index contributed by atoms with van der Waals surface area (Å²) in [5.41, 5.74) is 5.04. The predicted octanol–water partition coefficient (Wildman–Crippen LogP) is 5.45. The van der Waals surface area contributed by atoms with Crippen LogP contribution in [0.5, 0.6) is 0 Å². The average molecular weight is 349 g/mol. The van der Waals surface area contributed by atoms with Crippen molar-refractivity contribution in [2.45, 2.75) is 44.6 Å². The maximum atomic E-state index is 12.7. The van der Waals surface area contributed by atoms with Gasteiger partial charge in [-0.2, -0.15) is 0 Å². The molecule has 2 aromatic carbocycles. The maximum absolute atomic E-state index is 12.7. The molecule has 3 heteroatoms. The third kappa shape index (κ3) is 2.90. The molecule has 26 heavy (non-hydrogen) atoms. The number of hydrogen-bond donors (Lipinski definition) is 0. The van der Waals surface area contributed by atoms with E-state index < -0.39 is 0 Å². The van der Waals surface area contributed by atoms with E-state index in [0.717, 1.165) is 6.42 Å². The largest absolute Gasteiger partial charge is 0.448 e. The highest BCUT2D eigenvalue weighted by Crippen LogP contribution is 2.44. The highest BCUT2D eigenvalue weighted by atomic mass is 16.6. The van der Waals surface area contributed by atoms with Crippen LogP contribution in [-0.2, 0) is 4.74 Å². The molecular formula is C23H27NO2. The number of carbonyl (C=O) groups is 1. The molecule has 1 saturated carbocycles. The van der Waals surface area contributed by atoms with Crippen molar-refractivity contribution in [3.63, 3.8) is 0 Å². The van der Waals surface area contributed by atoms with Crippen LogP contribution in [0.25, 0.3) is 11.1 Å². The number of fused-ring (bicyclic) bond motifs is 3. The molecule has 4 rings (SSSR count). The fourth-order valence-electron chi connectivity index (χ4n) is 4.58. The van der Waals surface area contributed by atoms with E-state index in [1.165, 1.54) is 41.5 Å². The van der Waals surface area contributed by atoms with E-state index in [1.807, 2.05) is 11.9 Å². The average Bonchev–Trinajstić information content (AvgIpc) is 2.96. The molecule has 0 radical (unpaired) electrons. The van der Waals surface area contributed by atoms with Crippen molar-refractivity contribution in [2.75, 3.05) is 13.7 Å². The highest BCUT2D eigenvalue weighted by Gasteiger charge is 2.33. The molecule has 0 saturated heterocycles. The first kappa shape index (κ1) is 17.1. The zero-order valence-electron chi connectivity index (χ0n) is 15.7. The molecule has 0 unspecified atom stereocenters. The van der Waals surface area contributed by atoms with Crippen molar-refractivity contribution in [3.05, 3.63) is 59.7 Å². The summed E-state index contributed by atoms with van der Waals surface area (Å²) in [5, 5.41) is 0. The van der Waals surface area contributed by atoms with E-state index in [-0.39, 0.29) is 12.0 Å². The molecular weight excluding hydrogens is 322 g/mol. The molecule has 0 N–H and O–H groups in total.